The van der Waals surface area contributed by atoms with E-state index in [0.29, 0.717) is 23.7 Å². The van der Waals surface area contributed by atoms with Gasteiger partial charge in [0.1, 0.15) is 35.2 Å². The van der Waals surface area contributed by atoms with Crippen molar-refractivity contribution in [2.24, 2.45) is 0 Å². The maximum absolute atomic E-state index is 12.6. The minimum absolute atomic E-state index is 0.0378. The molecule has 2 N–H and O–H groups in total. The zero-order valence-corrected chi connectivity index (χ0v) is 17.9. The summed E-state index contributed by atoms with van der Waals surface area (Å²) in [5, 5.41) is 23.6. The molecule has 0 fully saturated rings. The summed E-state index contributed by atoms with van der Waals surface area (Å²) in [6, 6.07) is 23.9. The Morgan fingerprint density at radius 1 is 0.939 bits per heavy atom. The molecule has 0 saturated carbocycles. The Kier molecular flexibility index (Phi) is 5.15. The van der Waals surface area contributed by atoms with Gasteiger partial charge >= 0.3 is 0 Å². The van der Waals surface area contributed by atoms with Gasteiger partial charge in [0, 0.05) is 17.7 Å². The van der Waals surface area contributed by atoms with E-state index in [2.05, 4.69) is 24.3 Å². The van der Waals surface area contributed by atoms with Crippen LogP contribution in [0.25, 0.3) is 10.8 Å². The van der Waals surface area contributed by atoms with E-state index >= 15 is 0 Å². The van der Waals surface area contributed by atoms with E-state index in [-0.39, 0.29) is 23.5 Å². The van der Waals surface area contributed by atoms with E-state index in [9.17, 15) is 15.0 Å². The average molecular weight is 442 g/mol. The largest absolute Gasteiger partial charge is 0.507 e. The third kappa shape index (κ3) is 3.97. The standard InChI is InChI=1S/C27H22O6/c1-31-22-13-23(28)26-24(29)15-27(30,33-25(26)14-22)20-8-10-21(11-9-20)32-16-17-6-7-18-4-2-3-5-19(18)12-17/h2-14,28,30H,15-16H2,1H3. The van der Waals surface area contributed by atoms with Gasteiger partial charge in [-0.2, -0.15) is 0 Å². The number of aromatic hydroxyl groups is 1. The first-order valence-corrected chi connectivity index (χ1v) is 10.5. The lowest BCUT2D eigenvalue weighted by Gasteiger charge is -2.34. The van der Waals surface area contributed by atoms with Gasteiger partial charge in [0.2, 0.25) is 5.79 Å². The third-order valence-electron chi connectivity index (χ3n) is 5.77. The number of methoxy groups -OCH3 is 1. The van der Waals surface area contributed by atoms with Crippen molar-refractivity contribution in [1.29, 1.82) is 0 Å². The Morgan fingerprint density at radius 2 is 1.70 bits per heavy atom. The topological polar surface area (TPSA) is 85.2 Å². The lowest BCUT2D eigenvalue weighted by atomic mass is 9.92. The monoisotopic (exact) mass is 442 g/mol. The normalized spacial score (nSPS) is 17.3. The maximum atomic E-state index is 12.6. The van der Waals surface area contributed by atoms with Crippen molar-refractivity contribution in [1.82, 2.24) is 0 Å². The van der Waals surface area contributed by atoms with Gasteiger partial charge in [0.25, 0.3) is 0 Å². The lowest BCUT2D eigenvalue weighted by molar-refractivity contribution is -0.147. The van der Waals surface area contributed by atoms with Gasteiger partial charge < -0.3 is 24.4 Å². The molecule has 6 nitrogen and oxygen atoms in total. The molecule has 4 aromatic rings. The van der Waals surface area contributed by atoms with Gasteiger partial charge in [0.05, 0.1) is 13.5 Å². The van der Waals surface area contributed by atoms with Crippen LogP contribution in [0.1, 0.15) is 27.9 Å². The number of benzene rings is 4. The molecular weight excluding hydrogens is 420 g/mol. The summed E-state index contributed by atoms with van der Waals surface area (Å²) in [6.07, 6.45) is -0.322. The molecule has 4 aromatic carbocycles. The van der Waals surface area contributed by atoms with Crippen molar-refractivity contribution >= 4 is 16.6 Å². The number of ketones is 1. The highest BCUT2D eigenvalue weighted by Gasteiger charge is 2.42. The molecule has 0 radical (unpaired) electrons. The molecule has 5 rings (SSSR count). The fraction of sp³-hybridized carbons (Fsp3) is 0.148. The number of phenolic OH excluding ortho intramolecular Hbond substituents is 1. The first kappa shape index (κ1) is 20.8. The van der Waals surface area contributed by atoms with E-state index in [1.165, 1.54) is 24.6 Å². The zero-order chi connectivity index (χ0) is 23.0. The summed E-state index contributed by atoms with van der Waals surface area (Å²) in [7, 11) is 1.44. The highest BCUT2D eigenvalue weighted by molar-refractivity contribution is 6.03. The SMILES string of the molecule is COc1cc(O)c2c(c1)OC(O)(c1ccc(OCc3ccc4ccccc4c3)cc1)CC2=O. The number of rotatable bonds is 5. The summed E-state index contributed by atoms with van der Waals surface area (Å²) in [6.45, 7) is 0.399. The van der Waals surface area contributed by atoms with Crippen LogP contribution in [-0.2, 0) is 12.4 Å². The number of fused-ring (bicyclic) bond motifs is 2. The van der Waals surface area contributed by atoms with Crippen molar-refractivity contribution in [2.45, 2.75) is 18.8 Å². The van der Waals surface area contributed by atoms with Gasteiger partial charge in [-0.1, -0.05) is 36.4 Å². The molecule has 0 aliphatic carbocycles. The van der Waals surface area contributed by atoms with Crippen LogP contribution in [0.4, 0.5) is 0 Å². The Bertz CT molecular complexity index is 1340. The number of phenols is 1. The van der Waals surface area contributed by atoms with E-state index in [0.717, 1.165) is 10.9 Å². The molecule has 1 unspecified atom stereocenters. The smallest absolute Gasteiger partial charge is 0.242 e. The molecule has 0 spiro atoms. The number of carbonyl (C=O) groups is 1. The molecule has 1 aliphatic heterocycles. The number of aliphatic hydroxyl groups is 1. The second-order valence-corrected chi connectivity index (χ2v) is 8.00. The average Bonchev–Trinajstić information content (AvgIpc) is 2.82. The van der Waals surface area contributed by atoms with E-state index in [4.69, 9.17) is 14.2 Å². The van der Waals surface area contributed by atoms with Gasteiger partial charge in [-0.3, -0.25) is 4.79 Å². The highest BCUT2D eigenvalue weighted by Crippen LogP contribution is 2.43. The lowest BCUT2D eigenvalue weighted by Crippen LogP contribution is -2.39. The van der Waals surface area contributed by atoms with Crippen molar-refractivity contribution in [3.63, 3.8) is 0 Å². The van der Waals surface area contributed by atoms with Crippen LogP contribution in [-0.4, -0.2) is 23.1 Å². The summed E-state index contributed by atoms with van der Waals surface area (Å²) < 4.78 is 16.8. The predicted octanol–water partition coefficient (Wildman–Crippen LogP) is 4.94. The first-order valence-electron chi connectivity index (χ1n) is 10.5. The van der Waals surface area contributed by atoms with Crippen molar-refractivity contribution in [3.8, 4) is 23.0 Å². The van der Waals surface area contributed by atoms with Crippen molar-refractivity contribution in [3.05, 3.63) is 95.6 Å². The van der Waals surface area contributed by atoms with Crippen LogP contribution in [0.2, 0.25) is 0 Å². The number of hydrogen-bond acceptors (Lipinski definition) is 6. The fourth-order valence-corrected chi connectivity index (χ4v) is 4.05. The molecule has 1 aliphatic rings. The fourth-order valence-electron chi connectivity index (χ4n) is 4.05. The van der Waals surface area contributed by atoms with Crippen molar-refractivity contribution < 1.29 is 29.2 Å². The highest BCUT2D eigenvalue weighted by atomic mass is 16.6. The summed E-state index contributed by atoms with van der Waals surface area (Å²) in [5.74, 6) is -1.51. The number of ether oxygens (including phenoxy) is 3. The quantitative estimate of drug-likeness (QED) is 0.455. The maximum Gasteiger partial charge on any atom is 0.242 e. The van der Waals surface area contributed by atoms with Gasteiger partial charge in [-0.15, -0.1) is 0 Å². The second kappa shape index (κ2) is 8.15. The van der Waals surface area contributed by atoms with Crippen LogP contribution in [0, 0.1) is 0 Å². The second-order valence-electron chi connectivity index (χ2n) is 8.00. The molecule has 166 valence electrons. The van der Waals surface area contributed by atoms with E-state index in [1.54, 1.807) is 24.3 Å². The van der Waals surface area contributed by atoms with Crippen LogP contribution in [0.3, 0.4) is 0 Å². The summed E-state index contributed by atoms with van der Waals surface area (Å²) >= 11 is 0. The van der Waals surface area contributed by atoms with E-state index in [1.807, 2.05) is 18.2 Å². The van der Waals surface area contributed by atoms with Gasteiger partial charge in [-0.25, -0.2) is 0 Å². The van der Waals surface area contributed by atoms with Gasteiger partial charge in [0.15, 0.2) is 5.78 Å². The molecule has 1 atom stereocenters. The number of carbonyl (C=O) groups excluding carboxylic acids is 1. The Hall–Kier alpha value is -4.03. The molecular formula is C27H22O6. The van der Waals surface area contributed by atoms with Crippen LogP contribution < -0.4 is 14.2 Å². The molecule has 0 aromatic heterocycles. The first-order chi connectivity index (χ1) is 15.9. The zero-order valence-electron chi connectivity index (χ0n) is 17.9. The number of Topliss-reactive ketones (excluding diaryl/α,β-unsaturated/α-hetero) is 1. The molecule has 0 amide bonds. The molecule has 6 heteroatoms. The molecule has 0 saturated heterocycles. The summed E-state index contributed by atoms with van der Waals surface area (Å²) in [4.78, 5) is 12.6. The van der Waals surface area contributed by atoms with Crippen LogP contribution in [0.5, 0.6) is 23.0 Å². The third-order valence-corrected chi connectivity index (χ3v) is 5.77. The number of hydrogen-bond donors (Lipinski definition) is 2. The minimum Gasteiger partial charge on any atom is -0.507 e. The van der Waals surface area contributed by atoms with E-state index < -0.39 is 11.6 Å². The Labute approximate surface area is 190 Å². The molecule has 1 heterocycles. The molecule has 0 bridgehead atoms. The predicted molar refractivity (Wildman–Crippen MR) is 123 cm³/mol. The van der Waals surface area contributed by atoms with Crippen LogP contribution in [0.15, 0.2) is 78.9 Å². The molecule has 33 heavy (non-hydrogen) atoms. The van der Waals surface area contributed by atoms with Crippen LogP contribution >= 0.6 is 0 Å². The Balaban J connectivity index is 1.33. The minimum atomic E-state index is -1.86. The Morgan fingerprint density at radius 3 is 2.45 bits per heavy atom. The van der Waals surface area contributed by atoms with Crippen molar-refractivity contribution in [2.75, 3.05) is 7.11 Å². The van der Waals surface area contributed by atoms with Gasteiger partial charge in [-0.05, 0) is 46.7 Å². The summed E-state index contributed by atoms with van der Waals surface area (Å²) in [5.41, 5.74) is 1.49.